The van der Waals surface area contributed by atoms with E-state index in [1.165, 1.54) is 0 Å². The number of carbonyl (C=O) groups is 3. The van der Waals surface area contributed by atoms with Gasteiger partial charge in [-0.25, -0.2) is 9.78 Å². The highest BCUT2D eigenvalue weighted by atomic mass is 32.2. The molecule has 2 N–H and O–H groups in total. The molecule has 0 aliphatic carbocycles. The van der Waals surface area contributed by atoms with Gasteiger partial charge in [0.2, 0.25) is 0 Å². The van der Waals surface area contributed by atoms with Gasteiger partial charge in [-0.3, -0.25) is 14.4 Å². The number of aliphatic hydroxyl groups excluding tert-OH is 2. The van der Waals surface area contributed by atoms with Crippen molar-refractivity contribution in [2.75, 3.05) is 96.0 Å². The lowest BCUT2D eigenvalue weighted by molar-refractivity contribution is -0.289. The number of hydrogen-bond donors (Lipinski definition) is 2. The number of carbonyl (C=O) groups excluding carboxylic acids is 3. The minimum Gasteiger partial charge on any atom is -0.466 e. The standard InChI is InChI=1S/C25H46O10S6/c26-7-1-9-31-23(28)4-15-37-20-36-14-3-11-34-35-13-19-41-22-40-18-12-33-25(30)6-17-39-21-38-16-5-24(29)32-10-2-8-27/h26-27H,1-22H2. The number of esters is 3. The number of ether oxygens (including phenoxy) is 3. The molecule has 0 amide bonds. The van der Waals surface area contributed by atoms with Crippen LogP contribution in [0.15, 0.2) is 0 Å². The fraction of sp³-hybridized carbons (Fsp3) is 0.880. The van der Waals surface area contributed by atoms with Crippen molar-refractivity contribution in [1.82, 2.24) is 0 Å². The molecule has 0 bridgehead atoms. The van der Waals surface area contributed by atoms with Crippen molar-refractivity contribution in [2.45, 2.75) is 38.5 Å². The number of aliphatic hydroxyl groups is 2. The summed E-state index contributed by atoms with van der Waals surface area (Å²) in [6, 6.07) is 0. The fourth-order valence-electron chi connectivity index (χ4n) is 2.36. The molecular weight excluding hydrogens is 653 g/mol. The summed E-state index contributed by atoms with van der Waals surface area (Å²) in [5.41, 5.74) is 0. The van der Waals surface area contributed by atoms with Crippen molar-refractivity contribution in [2.24, 2.45) is 0 Å². The highest BCUT2D eigenvalue weighted by Gasteiger charge is 2.05. The SMILES string of the molecule is O=C(CCSCSCCCOOCCSCSCCOC(=O)CCSCSCCC(=O)OCCCO)OCCCO. The third-order valence-corrected chi connectivity index (χ3v) is 11.4. The summed E-state index contributed by atoms with van der Waals surface area (Å²) in [6.07, 6.45) is 2.99. The first kappa shape index (κ1) is 41.4. The molecule has 0 fully saturated rings. The predicted molar refractivity (Wildman–Crippen MR) is 176 cm³/mol. The molecule has 0 aromatic rings. The smallest absolute Gasteiger partial charge is 0.306 e. The van der Waals surface area contributed by atoms with E-state index in [-0.39, 0.29) is 44.3 Å². The molecule has 242 valence electrons. The quantitative estimate of drug-likeness (QED) is 0.0259. The summed E-state index contributed by atoms with van der Waals surface area (Å²) >= 11 is 10.3. The van der Waals surface area contributed by atoms with Crippen molar-refractivity contribution in [3.63, 3.8) is 0 Å². The second-order valence-corrected chi connectivity index (χ2v) is 15.6. The largest absolute Gasteiger partial charge is 0.466 e. The molecule has 10 nitrogen and oxygen atoms in total. The summed E-state index contributed by atoms with van der Waals surface area (Å²) in [5, 5.41) is 19.9. The molecular formula is C25H46O10S6. The highest BCUT2D eigenvalue weighted by molar-refractivity contribution is 8.16. The topological polar surface area (TPSA) is 138 Å². The molecule has 0 aromatic carbocycles. The molecule has 0 radical (unpaired) electrons. The molecule has 0 aliphatic rings. The van der Waals surface area contributed by atoms with Gasteiger partial charge in [-0.05, 0) is 12.2 Å². The molecule has 0 aromatic heterocycles. The van der Waals surface area contributed by atoms with E-state index in [4.69, 9.17) is 34.2 Å². The third-order valence-electron chi connectivity index (χ3n) is 4.38. The zero-order chi connectivity index (χ0) is 30.1. The van der Waals surface area contributed by atoms with Gasteiger partial charge in [0.1, 0.15) is 6.61 Å². The fourth-order valence-corrected chi connectivity index (χ4v) is 8.24. The monoisotopic (exact) mass is 698 g/mol. The first-order valence-electron chi connectivity index (χ1n) is 13.5. The molecule has 0 heterocycles. The summed E-state index contributed by atoms with van der Waals surface area (Å²) in [5.74, 6) is 4.05. The first-order valence-corrected chi connectivity index (χ1v) is 20.4. The average Bonchev–Trinajstić information content (AvgIpc) is 2.96. The molecule has 16 heteroatoms. The molecule has 0 aliphatic heterocycles. The predicted octanol–water partition coefficient (Wildman–Crippen LogP) is 4.16. The maximum Gasteiger partial charge on any atom is 0.306 e. The Labute approximate surface area is 270 Å². The van der Waals surface area contributed by atoms with Crippen molar-refractivity contribution < 1.29 is 48.6 Å². The summed E-state index contributed by atoms with van der Waals surface area (Å²) in [6.45, 7) is 2.11. The maximum absolute atomic E-state index is 11.8. The van der Waals surface area contributed by atoms with Crippen molar-refractivity contribution in [1.29, 1.82) is 0 Å². The molecule has 41 heavy (non-hydrogen) atoms. The van der Waals surface area contributed by atoms with Gasteiger partial charge in [0.05, 0.1) is 45.7 Å². The van der Waals surface area contributed by atoms with E-state index in [1.54, 1.807) is 70.6 Å². The Morgan fingerprint density at radius 3 is 1.32 bits per heavy atom. The lowest BCUT2D eigenvalue weighted by Gasteiger charge is -2.06. The average molecular weight is 699 g/mol. The van der Waals surface area contributed by atoms with Crippen LogP contribution in [0.1, 0.15) is 38.5 Å². The second kappa shape index (κ2) is 34.8. The maximum atomic E-state index is 11.8. The molecule has 0 spiro atoms. The van der Waals surface area contributed by atoms with E-state index in [2.05, 4.69) is 0 Å². The molecule has 0 saturated heterocycles. The van der Waals surface area contributed by atoms with Crippen LogP contribution < -0.4 is 0 Å². The van der Waals surface area contributed by atoms with E-state index >= 15 is 0 Å². The Morgan fingerprint density at radius 1 is 0.439 bits per heavy atom. The Hall–Kier alpha value is 0.350. The van der Waals surface area contributed by atoms with Crippen LogP contribution in [0, 0.1) is 0 Å². The van der Waals surface area contributed by atoms with Gasteiger partial charge in [0, 0.05) is 70.1 Å². The van der Waals surface area contributed by atoms with Gasteiger partial charge >= 0.3 is 17.9 Å². The first-order chi connectivity index (χ1) is 20.1. The van der Waals surface area contributed by atoms with Crippen LogP contribution >= 0.6 is 70.6 Å². The Balaban J connectivity index is 3.22. The highest BCUT2D eigenvalue weighted by Crippen LogP contribution is 2.16. The molecule has 0 unspecified atom stereocenters. The third kappa shape index (κ3) is 34.7. The van der Waals surface area contributed by atoms with Gasteiger partial charge in [-0.1, -0.05) is 0 Å². The zero-order valence-corrected chi connectivity index (χ0v) is 28.6. The Morgan fingerprint density at radius 2 is 0.829 bits per heavy atom. The van der Waals surface area contributed by atoms with E-state index in [0.717, 1.165) is 44.7 Å². The number of rotatable bonds is 32. The van der Waals surface area contributed by atoms with Crippen molar-refractivity contribution in [3.05, 3.63) is 0 Å². The van der Waals surface area contributed by atoms with Crippen molar-refractivity contribution >= 4 is 88.5 Å². The van der Waals surface area contributed by atoms with E-state index in [1.807, 2.05) is 0 Å². The van der Waals surface area contributed by atoms with Gasteiger partial charge < -0.3 is 24.4 Å². The summed E-state index contributed by atoms with van der Waals surface area (Å²) in [4.78, 5) is 45.0. The molecule has 0 atom stereocenters. The number of hydrogen-bond acceptors (Lipinski definition) is 16. The lowest BCUT2D eigenvalue weighted by atomic mass is 10.5. The van der Waals surface area contributed by atoms with Gasteiger partial charge in [0.15, 0.2) is 0 Å². The Kier molecular flexibility index (Phi) is 35.1. The van der Waals surface area contributed by atoms with Gasteiger partial charge in [-0.2, -0.15) is 47.0 Å². The van der Waals surface area contributed by atoms with E-state index in [0.29, 0.717) is 63.4 Å². The normalized spacial score (nSPS) is 11.0. The van der Waals surface area contributed by atoms with Crippen LogP contribution in [0.4, 0.5) is 0 Å². The second-order valence-electron chi connectivity index (χ2n) is 7.87. The lowest BCUT2D eigenvalue weighted by Crippen LogP contribution is -2.08. The molecule has 0 rings (SSSR count). The zero-order valence-electron chi connectivity index (χ0n) is 23.7. The number of thioether (sulfide) groups is 6. The summed E-state index contributed by atoms with van der Waals surface area (Å²) in [7, 11) is 0. The van der Waals surface area contributed by atoms with Crippen molar-refractivity contribution in [3.8, 4) is 0 Å². The van der Waals surface area contributed by atoms with Gasteiger partial charge in [-0.15, -0.1) is 23.5 Å². The minimum absolute atomic E-state index is 0.0216. The molecule has 0 saturated carbocycles. The van der Waals surface area contributed by atoms with Crippen LogP contribution in [-0.2, 0) is 38.4 Å². The van der Waals surface area contributed by atoms with Crippen LogP contribution in [0.2, 0.25) is 0 Å². The van der Waals surface area contributed by atoms with Crippen LogP contribution in [0.5, 0.6) is 0 Å². The van der Waals surface area contributed by atoms with E-state index in [9.17, 15) is 14.4 Å². The summed E-state index contributed by atoms with van der Waals surface area (Å²) < 4.78 is 15.2. The minimum atomic E-state index is -0.242. The van der Waals surface area contributed by atoms with Crippen LogP contribution in [0.3, 0.4) is 0 Å². The van der Waals surface area contributed by atoms with Crippen LogP contribution in [0.25, 0.3) is 0 Å². The Bertz CT molecular complexity index is 621. The van der Waals surface area contributed by atoms with Crippen LogP contribution in [-0.4, -0.2) is 124 Å². The van der Waals surface area contributed by atoms with E-state index < -0.39 is 0 Å². The van der Waals surface area contributed by atoms with Gasteiger partial charge in [0.25, 0.3) is 0 Å².